The summed E-state index contributed by atoms with van der Waals surface area (Å²) in [5.41, 5.74) is 0. The van der Waals surface area contributed by atoms with Crippen molar-refractivity contribution in [3.63, 3.8) is 0 Å². The van der Waals surface area contributed by atoms with Gasteiger partial charge in [0.1, 0.15) is 13.2 Å². The van der Waals surface area contributed by atoms with E-state index in [1.165, 1.54) is 6.42 Å². The molecule has 0 bridgehead atoms. The van der Waals surface area contributed by atoms with Gasteiger partial charge in [0.05, 0.1) is 0 Å². The molecule has 0 aromatic rings. The lowest BCUT2D eigenvalue weighted by Gasteiger charge is -2.18. The SMILES string of the molecule is CC\C=C/C=C\C=C/C=C\C=C/CCCCCC(=O)OCC(COC(=O)CCCCCCC\C=C/C=C\C=C/C=C\C=C/CCC)OC(=O)CC/C=C\C/C=C\C/C=C\C/C=C\C/C=C\CC. The lowest BCUT2D eigenvalue weighted by Crippen LogP contribution is -2.30. The molecule has 67 heavy (non-hydrogen) atoms. The molecule has 0 rings (SSSR count). The molecule has 0 amide bonds. The van der Waals surface area contributed by atoms with Gasteiger partial charge in [-0.05, 0) is 89.9 Å². The summed E-state index contributed by atoms with van der Waals surface area (Å²) in [4.78, 5) is 38.0. The Morgan fingerprint density at radius 3 is 1.13 bits per heavy atom. The van der Waals surface area contributed by atoms with Gasteiger partial charge in [0.2, 0.25) is 0 Å². The van der Waals surface area contributed by atoms with Gasteiger partial charge in [-0.2, -0.15) is 0 Å². The molecule has 0 N–H and O–H groups in total. The molecule has 0 spiro atoms. The predicted octanol–water partition coefficient (Wildman–Crippen LogP) is 17.0. The summed E-state index contributed by atoms with van der Waals surface area (Å²) in [5, 5.41) is 0. The topological polar surface area (TPSA) is 78.9 Å². The van der Waals surface area contributed by atoms with E-state index in [0.717, 1.165) is 103 Å². The summed E-state index contributed by atoms with van der Waals surface area (Å²) in [6.45, 7) is 6.13. The van der Waals surface area contributed by atoms with Crippen LogP contribution in [0.1, 0.15) is 162 Å². The normalized spacial score (nSPS) is 13.7. The minimum Gasteiger partial charge on any atom is -0.462 e. The molecular formula is C61H88O6. The number of allylic oxidation sites excluding steroid dienone is 30. The van der Waals surface area contributed by atoms with E-state index in [4.69, 9.17) is 14.2 Å². The third-order valence-corrected chi connectivity index (χ3v) is 9.63. The number of rotatable bonds is 42. The Labute approximate surface area is 408 Å². The smallest absolute Gasteiger partial charge is 0.306 e. The Bertz CT molecular complexity index is 1670. The maximum Gasteiger partial charge on any atom is 0.306 e. The van der Waals surface area contributed by atoms with E-state index >= 15 is 0 Å². The van der Waals surface area contributed by atoms with Gasteiger partial charge in [0.25, 0.3) is 0 Å². The van der Waals surface area contributed by atoms with Gasteiger partial charge in [-0.25, -0.2) is 0 Å². The summed E-state index contributed by atoms with van der Waals surface area (Å²) in [5.74, 6) is -1.11. The monoisotopic (exact) mass is 917 g/mol. The number of carbonyl (C=O) groups is 3. The minimum absolute atomic E-state index is 0.146. The molecule has 0 aromatic heterocycles. The van der Waals surface area contributed by atoms with Crippen LogP contribution in [0.5, 0.6) is 0 Å². The van der Waals surface area contributed by atoms with Crippen LogP contribution in [-0.4, -0.2) is 37.2 Å². The standard InChI is InChI=1S/C61H88O6/c1-4-7-10-13-16-19-22-25-28-30-31-34-36-39-42-45-48-51-54-60(63)66-57-58(56-65-59(62)53-50-47-44-41-38-35-32-27-24-21-18-15-12-9-6-3)67-61(64)55-52-49-46-43-40-37-33-29-26-23-20-17-14-11-8-5-2/h8-13,15-22,24-32,34-35,37-38,40,46,49,58H,4-7,14,23,33,36,39,41-45,47-48,50-57H2,1-3H3/b11-8-,12-9-,13-10-,18-15-,19-16-,20-17-,24-21-,25-22-,29-26-,30-28-,32-27-,34-31-,38-35-,40-37-,49-46-. The fourth-order valence-electron chi connectivity index (χ4n) is 5.89. The molecule has 0 saturated heterocycles. The van der Waals surface area contributed by atoms with E-state index in [1.807, 2.05) is 97.2 Å². The van der Waals surface area contributed by atoms with Gasteiger partial charge >= 0.3 is 17.9 Å². The van der Waals surface area contributed by atoms with Crippen LogP contribution in [0.3, 0.4) is 0 Å². The number of unbranched alkanes of at least 4 members (excludes halogenated alkanes) is 9. The molecule has 0 aromatic carbocycles. The van der Waals surface area contributed by atoms with Crippen LogP contribution in [0.2, 0.25) is 0 Å². The highest BCUT2D eigenvalue weighted by atomic mass is 16.6. The minimum atomic E-state index is -0.857. The molecule has 0 aliphatic heterocycles. The first-order valence-corrected chi connectivity index (χ1v) is 25.4. The first-order chi connectivity index (χ1) is 33.0. The molecule has 1 atom stereocenters. The first-order valence-electron chi connectivity index (χ1n) is 25.4. The zero-order valence-corrected chi connectivity index (χ0v) is 41.8. The van der Waals surface area contributed by atoms with E-state index < -0.39 is 12.1 Å². The average Bonchev–Trinajstić information content (AvgIpc) is 3.33. The highest BCUT2D eigenvalue weighted by Crippen LogP contribution is 2.11. The predicted molar refractivity (Wildman–Crippen MR) is 287 cm³/mol. The summed E-state index contributed by atoms with van der Waals surface area (Å²) >= 11 is 0. The molecule has 0 aliphatic rings. The fraction of sp³-hybridized carbons (Fsp3) is 0.459. The highest BCUT2D eigenvalue weighted by molar-refractivity contribution is 5.71. The Balaban J connectivity index is 4.68. The molecule has 0 aliphatic carbocycles. The third kappa shape index (κ3) is 51.4. The Morgan fingerprint density at radius 2 is 0.687 bits per heavy atom. The molecule has 1 unspecified atom stereocenters. The van der Waals surface area contributed by atoms with Crippen molar-refractivity contribution in [3.8, 4) is 0 Å². The van der Waals surface area contributed by atoms with Gasteiger partial charge in [0.15, 0.2) is 6.10 Å². The molecule has 0 fully saturated rings. The molecule has 368 valence electrons. The van der Waals surface area contributed by atoms with E-state index in [9.17, 15) is 14.4 Å². The van der Waals surface area contributed by atoms with Crippen LogP contribution < -0.4 is 0 Å². The van der Waals surface area contributed by atoms with Gasteiger partial charge < -0.3 is 14.2 Å². The van der Waals surface area contributed by atoms with Crippen molar-refractivity contribution in [1.29, 1.82) is 0 Å². The number of esters is 3. The van der Waals surface area contributed by atoms with Gasteiger partial charge in [0, 0.05) is 19.3 Å². The van der Waals surface area contributed by atoms with E-state index in [2.05, 4.69) is 106 Å². The second-order valence-corrected chi connectivity index (χ2v) is 15.8. The number of ether oxygens (including phenoxy) is 3. The Morgan fingerprint density at radius 1 is 0.328 bits per heavy atom. The van der Waals surface area contributed by atoms with E-state index in [1.54, 1.807) is 0 Å². The molecule has 6 heteroatoms. The summed E-state index contributed by atoms with van der Waals surface area (Å²) in [6, 6.07) is 0. The highest BCUT2D eigenvalue weighted by Gasteiger charge is 2.19. The first kappa shape index (κ1) is 61.5. The van der Waals surface area contributed by atoms with Crippen LogP contribution in [0.4, 0.5) is 0 Å². The van der Waals surface area contributed by atoms with Crippen molar-refractivity contribution in [3.05, 3.63) is 182 Å². The molecule has 0 heterocycles. The van der Waals surface area contributed by atoms with Crippen LogP contribution in [-0.2, 0) is 28.6 Å². The fourth-order valence-corrected chi connectivity index (χ4v) is 5.89. The van der Waals surface area contributed by atoms with Crippen LogP contribution >= 0.6 is 0 Å². The van der Waals surface area contributed by atoms with Crippen LogP contribution in [0, 0.1) is 0 Å². The summed E-state index contributed by atoms with van der Waals surface area (Å²) < 4.78 is 16.7. The van der Waals surface area contributed by atoms with Crippen molar-refractivity contribution in [2.45, 2.75) is 168 Å². The third-order valence-electron chi connectivity index (χ3n) is 9.63. The average molecular weight is 917 g/mol. The quantitative estimate of drug-likeness (QED) is 0.0200. The number of hydrogen-bond acceptors (Lipinski definition) is 6. The van der Waals surface area contributed by atoms with Gasteiger partial charge in [-0.1, -0.05) is 235 Å². The number of hydrogen-bond donors (Lipinski definition) is 0. The van der Waals surface area contributed by atoms with Crippen molar-refractivity contribution in [2.75, 3.05) is 13.2 Å². The van der Waals surface area contributed by atoms with Crippen molar-refractivity contribution < 1.29 is 28.6 Å². The van der Waals surface area contributed by atoms with Gasteiger partial charge in [-0.3, -0.25) is 14.4 Å². The second kappa shape index (κ2) is 53.1. The zero-order valence-electron chi connectivity index (χ0n) is 41.8. The van der Waals surface area contributed by atoms with Crippen LogP contribution in [0.25, 0.3) is 0 Å². The van der Waals surface area contributed by atoms with Gasteiger partial charge in [-0.15, -0.1) is 0 Å². The van der Waals surface area contributed by atoms with E-state index in [-0.39, 0.29) is 38.0 Å². The maximum absolute atomic E-state index is 12.8. The maximum atomic E-state index is 12.8. The lowest BCUT2D eigenvalue weighted by atomic mass is 10.1. The lowest BCUT2D eigenvalue weighted by molar-refractivity contribution is -0.166. The molecule has 0 radical (unpaired) electrons. The van der Waals surface area contributed by atoms with Crippen molar-refractivity contribution in [2.24, 2.45) is 0 Å². The van der Waals surface area contributed by atoms with Crippen molar-refractivity contribution >= 4 is 17.9 Å². The molecule has 6 nitrogen and oxygen atoms in total. The summed E-state index contributed by atoms with van der Waals surface area (Å²) in [6.07, 6.45) is 80.2. The largest absolute Gasteiger partial charge is 0.462 e. The summed E-state index contributed by atoms with van der Waals surface area (Å²) in [7, 11) is 0. The Kier molecular flexibility index (Phi) is 48.8. The zero-order chi connectivity index (χ0) is 48.6. The molecular weight excluding hydrogens is 829 g/mol. The van der Waals surface area contributed by atoms with Crippen LogP contribution in [0.15, 0.2) is 182 Å². The Hall–Kier alpha value is -5.49. The van der Waals surface area contributed by atoms with Crippen molar-refractivity contribution in [1.82, 2.24) is 0 Å². The number of carbonyl (C=O) groups excluding carboxylic acids is 3. The second-order valence-electron chi connectivity index (χ2n) is 15.8. The molecule has 0 saturated carbocycles. The van der Waals surface area contributed by atoms with E-state index in [0.29, 0.717) is 19.3 Å².